The summed E-state index contributed by atoms with van der Waals surface area (Å²) in [5.74, 6) is 0.0799. The maximum Gasteiger partial charge on any atom is 0.338 e. The number of nitrogens with zero attached hydrogens (tertiary/aromatic N) is 1. The summed E-state index contributed by atoms with van der Waals surface area (Å²) in [4.78, 5) is 37.3. The maximum atomic E-state index is 12.6. The standard InChI is InChI=1S/C32H31Cl3N4O8/c1-5-45-31(41)28-17(2)37-32(42)38-29(28)20-7-9-24(25(13-20)43-3)46-16-27(40)39-36-14-19-11-23(35)30(26(12-19)44-4)47-15-18-6-8-21(33)22(34)10-18/h6-14,29H,5,15-16H2,1-4H3,(H,39,40)(H2,37,38,42)/b36-14-/t29-/m0/s1. The van der Waals surface area contributed by atoms with Gasteiger partial charge in [0.1, 0.15) is 6.61 Å². The van der Waals surface area contributed by atoms with Crippen LogP contribution in [-0.4, -0.2) is 51.6 Å². The molecule has 0 fully saturated rings. The highest BCUT2D eigenvalue weighted by Crippen LogP contribution is 2.37. The third-order valence-electron chi connectivity index (χ3n) is 6.67. The zero-order valence-corrected chi connectivity index (χ0v) is 28.0. The summed E-state index contributed by atoms with van der Waals surface area (Å²) < 4.78 is 27.6. The Hall–Kier alpha value is -4.65. The number of hydrogen-bond acceptors (Lipinski definition) is 9. The first kappa shape index (κ1) is 35.2. The second-order valence-corrected chi connectivity index (χ2v) is 11.1. The molecule has 15 heteroatoms. The number of methoxy groups -OCH3 is 2. The van der Waals surface area contributed by atoms with Crippen molar-refractivity contribution in [3.8, 4) is 23.0 Å². The summed E-state index contributed by atoms with van der Waals surface area (Å²) in [6, 6.07) is 11.9. The number of rotatable bonds is 13. The summed E-state index contributed by atoms with van der Waals surface area (Å²) in [5.41, 5.74) is 4.87. The van der Waals surface area contributed by atoms with Crippen molar-refractivity contribution in [2.24, 2.45) is 5.10 Å². The fourth-order valence-corrected chi connectivity index (χ4v) is 5.09. The van der Waals surface area contributed by atoms with Gasteiger partial charge in [-0.2, -0.15) is 5.10 Å². The molecular formula is C32H31Cl3N4O8. The smallest absolute Gasteiger partial charge is 0.338 e. The number of amides is 3. The monoisotopic (exact) mass is 704 g/mol. The number of allylic oxidation sites excluding steroid dienone is 1. The van der Waals surface area contributed by atoms with E-state index in [0.717, 1.165) is 5.56 Å². The molecule has 0 aliphatic carbocycles. The van der Waals surface area contributed by atoms with Crippen molar-refractivity contribution >= 4 is 58.9 Å². The van der Waals surface area contributed by atoms with Crippen molar-refractivity contribution in [1.29, 1.82) is 0 Å². The fraction of sp³-hybridized carbons (Fsp3) is 0.250. The molecule has 1 aliphatic heterocycles. The van der Waals surface area contributed by atoms with Crippen molar-refractivity contribution in [3.05, 3.63) is 91.6 Å². The minimum absolute atomic E-state index is 0.171. The van der Waals surface area contributed by atoms with Crippen molar-refractivity contribution in [1.82, 2.24) is 16.1 Å². The number of carbonyl (C=O) groups excluding carboxylic acids is 3. The molecule has 1 aliphatic rings. The van der Waals surface area contributed by atoms with Crippen LogP contribution in [0.2, 0.25) is 15.1 Å². The van der Waals surface area contributed by atoms with E-state index >= 15 is 0 Å². The largest absolute Gasteiger partial charge is 0.493 e. The van der Waals surface area contributed by atoms with Crippen LogP contribution in [0.25, 0.3) is 0 Å². The third kappa shape index (κ3) is 9.00. The molecular weight excluding hydrogens is 675 g/mol. The number of esters is 1. The number of carbonyl (C=O) groups is 3. The zero-order valence-electron chi connectivity index (χ0n) is 25.7. The summed E-state index contributed by atoms with van der Waals surface area (Å²) in [6.07, 6.45) is 1.38. The Labute approximate surface area is 285 Å². The van der Waals surface area contributed by atoms with E-state index in [2.05, 4.69) is 21.2 Å². The van der Waals surface area contributed by atoms with Crippen LogP contribution in [0.5, 0.6) is 23.0 Å². The number of hydrogen-bond donors (Lipinski definition) is 3. The lowest BCUT2D eigenvalue weighted by atomic mass is 9.95. The molecule has 0 radical (unpaired) electrons. The molecule has 47 heavy (non-hydrogen) atoms. The van der Waals surface area contributed by atoms with Crippen LogP contribution >= 0.6 is 34.8 Å². The first-order valence-electron chi connectivity index (χ1n) is 14.1. The lowest BCUT2D eigenvalue weighted by molar-refractivity contribution is -0.139. The van der Waals surface area contributed by atoms with Gasteiger partial charge in [-0.1, -0.05) is 46.9 Å². The normalized spacial score (nSPS) is 14.3. The quantitative estimate of drug-likeness (QED) is 0.112. The minimum atomic E-state index is -0.793. The summed E-state index contributed by atoms with van der Waals surface area (Å²) in [7, 11) is 2.89. The average molecular weight is 706 g/mol. The van der Waals surface area contributed by atoms with Crippen LogP contribution in [-0.2, 0) is 20.9 Å². The van der Waals surface area contributed by atoms with Gasteiger partial charge in [-0.15, -0.1) is 0 Å². The molecule has 0 unspecified atom stereocenters. The highest BCUT2D eigenvalue weighted by molar-refractivity contribution is 6.42. The van der Waals surface area contributed by atoms with E-state index in [1.165, 1.54) is 20.4 Å². The summed E-state index contributed by atoms with van der Waals surface area (Å²) >= 11 is 18.5. The lowest BCUT2D eigenvalue weighted by Crippen LogP contribution is -2.45. The van der Waals surface area contributed by atoms with Gasteiger partial charge in [0.15, 0.2) is 29.6 Å². The van der Waals surface area contributed by atoms with Gasteiger partial charge in [0.2, 0.25) is 0 Å². The van der Waals surface area contributed by atoms with Crippen LogP contribution in [0, 0.1) is 0 Å². The molecule has 0 spiro atoms. The number of benzene rings is 3. The SMILES string of the molecule is CCOC(=O)C1=C(C)NC(=O)N[C@H]1c1ccc(OCC(=O)N/N=C\c2cc(Cl)c(OCc3ccc(Cl)c(Cl)c3)c(OC)c2)c(OC)c1. The van der Waals surface area contributed by atoms with E-state index in [1.54, 1.807) is 62.4 Å². The van der Waals surface area contributed by atoms with E-state index < -0.39 is 30.6 Å². The van der Waals surface area contributed by atoms with Crippen molar-refractivity contribution in [2.45, 2.75) is 26.5 Å². The number of nitrogens with one attached hydrogen (secondary N) is 3. The van der Waals surface area contributed by atoms with Gasteiger partial charge >= 0.3 is 12.0 Å². The molecule has 4 rings (SSSR count). The Morgan fingerprint density at radius 1 is 0.936 bits per heavy atom. The predicted molar refractivity (Wildman–Crippen MR) is 177 cm³/mol. The number of urea groups is 1. The van der Waals surface area contributed by atoms with E-state index in [0.29, 0.717) is 38.4 Å². The summed E-state index contributed by atoms with van der Waals surface area (Å²) in [6.45, 7) is 3.25. The van der Waals surface area contributed by atoms with E-state index in [1.807, 2.05) is 0 Å². The zero-order chi connectivity index (χ0) is 34.1. The molecule has 3 amide bonds. The van der Waals surface area contributed by atoms with E-state index in [-0.39, 0.29) is 35.3 Å². The average Bonchev–Trinajstić information content (AvgIpc) is 3.04. The maximum absolute atomic E-state index is 12.6. The first-order chi connectivity index (χ1) is 22.5. The van der Waals surface area contributed by atoms with Gasteiger partial charge in [-0.3, -0.25) is 4.79 Å². The Morgan fingerprint density at radius 2 is 1.70 bits per heavy atom. The second kappa shape index (κ2) is 16.3. The second-order valence-electron chi connectivity index (χ2n) is 9.85. The minimum Gasteiger partial charge on any atom is -0.493 e. The third-order valence-corrected chi connectivity index (χ3v) is 7.69. The van der Waals surface area contributed by atoms with Gasteiger partial charge < -0.3 is 34.3 Å². The number of halogens is 3. The Balaban J connectivity index is 1.37. The number of ether oxygens (including phenoxy) is 5. The lowest BCUT2D eigenvalue weighted by Gasteiger charge is -2.28. The van der Waals surface area contributed by atoms with Gasteiger partial charge in [0.05, 0.1) is 53.7 Å². The van der Waals surface area contributed by atoms with Gasteiger partial charge in [0.25, 0.3) is 5.91 Å². The van der Waals surface area contributed by atoms with Gasteiger partial charge in [0, 0.05) is 5.70 Å². The molecule has 0 saturated carbocycles. The molecule has 0 saturated heterocycles. The molecule has 248 valence electrons. The first-order valence-corrected chi connectivity index (χ1v) is 15.2. The van der Waals surface area contributed by atoms with Crippen molar-refractivity contribution in [3.63, 3.8) is 0 Å². The van der Waals surface area contributed by atoms with Crippen LogP contribution in [0.3, 0.4) is 0 Å². The molecule has 1 heterocycles. The highest BCUT2D eigenvalue weighted by Gasteiger charge is 2.32. The molecule has 3 aromatic rings. The Bertz CT molecular complexity index is 1730. The Morgan fingerprint density at radius 3 is 2.40 bits per heavy atom. The molecule has 0 bridgehead atoms. The van der Waals surface area contributed by atoms with Gasteiger partial charge in [-0.05, 0) is 66.9 Å². The van der Waals surface area contributed by atoms with E-state index in [4.69, 9.17) is 58.5 Å². The van der Waals surface area contributed by atoms with Crippen LogP contribution in [0.15, 0.2) is 64.9 Å². The topological polar surface area (TPSA) is 146 Å². The van der Waals surface area contributed by atoms with Crippen LogP contribution in [0.1, 0.15) is 36.6 Å². The molecule has 1 atom stereocenters. The van der Waals surface area contributed by atoms with Crippen LogP contribution < -0.4 is 35.0 Å². The Kier molecular flexibility index (Phi) is 12.2. The van der Waals surface area contributed by atoms with Crippen molar-refractivity contribution < 1.29 is 38.1 Å². The van der Waals surface area contributed by atoms with Crippen LogP contribution in [0.4, 0.5) is 4.79 Å². The van der Waals surface area contributed by atoms with Gasteiger partial charge in [-0.25, -0.2) is 15.0 Å². The van der Waals surface area contributed by atoms with E-state index in [9.17, 15) is 14.4 Å². The molecule has 12 nitrogen and oxygen atoms in total. The fourth-order valence-electron chi connectivity index (χ4n) is 4.50. The highest BCUT2D eigenvalue weighted by atomic mass is 35.5. The number of hydrazone groups is 1. The summed E-state index contributed by atoms with van der Waals surface area (Å²) in [5, 5.41) is 10.4. The molecule has 0 aromatic heterocycles. The van der Waals surface area contributed by atoms with Crippen molar-refractivity contribution in [2.75, 3.05) is 27.4 Å². The predicted octanol–water partition coefficient (Wildman–Crippen LogP) is 5.96. The molecule has 3 N–H and O–H groups in total. The molecule has 3 aromatic carbocycles.